The van der Waals surface area contributed by atoms with Crippen molar-refractivity contribution < 1.29 is 23.9 Å². The lowest BCUT2D eigenvalue weighted by atomic mass is 10.1. The van der Waals surface area contributed by atoms with Crippen molar-refractivity contribution >= 4 is 29.2 Å². The number of anilines is 2. The summed E-state index contributed by atoms with van der Waals surface area (Å²) in [7, 11) is 0. The van der Waals surface area contributed by atoms with Crippen LogP contribution in [0.5, 0.6) is 5.75 Å². The first-order valence-electron chi connectivity index (χ1n) is 9.64. The number of ether oxygens (including phenoxy) is 2. The third kappa shape index (κ3) is 4.93. The normalized spacial score (nSPS) is 17.2. The average Bonchev–Trinajstić information content (AvgIpc) is 3.51. The fraction of sp³-hybridized carbons (Fsp3) is 0.318. The average molecular weight is 396 g/mol. The molecule has 3 rings (SSSR count). The van der Waals surface area contributed by atoms with Gasteiger partial charge >= 0.3 is 5.97 Å². The Kier molecular flexibility index (Phi) is 6.49. The van der Waals surface area contributed by atoms with Crippen LogP contribution in [0.1, 0.15) is 30.6 Å². The minimum absolute atomic E-state index is 0.226. The van der Waals surface area contributed by atoms with Crippen LogP contribution in [-0.4, -0.2) is 31.0 Å². The van der Waals surface area contributed by atoms with Gasteiger partial charge in [-0.25, -0.2) is 4.79 Å². The van der Waals surface area contributed by atoms with Crippen molar-refractivity contribution in [2.75, 3.05) is 23.8 Å². The van der Waals surface area contributed by atoms with Gasteiger partial charge in [-0.15, -0.1) is 0 Å². The van der Waals surface area contributed by atoms with E-state index < -0.39 is 17.8 Å². The molecule has 2 aromatic carbocycles. The van der Waals surface area contributed by atoms with Gasteiger partial charge in [-0.05, 0) is 44.5 Å². The summed E-state index contributed by atoms with van der Waals surface area (Å²) in [6.07, 6.45) is 0.454. The first-order chi connectivity index (χ1) is 14.0. The van der Waals surface area contributed by atoms with Gasteiger partial charge in [0.05, 0.1) is 42.0 Å². The molecule has 0 aromatic heterocycles. The maximum atomic E-state index is 12.6. The highest BCUT2D eigenvalue weighted by Crippen LogP contribution is 2.41. The molecule has 2 unspecified atom stereocenters. The van der Waals surface area contributed by atoms with Crippen LogP contribution in [-0.2, 0) is 14.3 Å². The highest BCUT2D eigenvalue weighted by Gasteiger charge is 2.48. The van der Waals surface area contributed by atoms with Gasteiger partial charge in [0.1, 0.15) is 5.75 Å². The molecule has 0 bridgehead atoms. The number of hydrogen-bond donors (Lipinski definition) is 2. The van der Waals surface area contributed by atoms with E-state index >= 15 is 0 Å². The number of carbonyl (C=O) groups excluding carboxylic acids is 3. The van der Waals surface area contributed by atoms with Crippen LogP contribution in [0.4, 0.5) is 11.4 Å². The monoisotopic (exact) mass is 396 g/mol. The topological polar surface area (TPSA) is 93.7 Å². The van der Waals surface area contributed by atoms with Gasteiger partial charge in [-0.3, -0.25) is 9.59 Å². The Morgan fingerprint density at radius 2 is 1.45 bits per heavy atom. The molecule has 29 heavy (non-hydrogen) atoms. The van der Waals surface area contributed by atoms with E-state index in [1.165, 1.54) is 0 Å². The van der Waals surface area contributed by atoms with Crippen molar-refractivity contribution in [3.05, 3.63) is 54.1 Å². The summed E-state index contributed by atoms with van der Waals surface area (Å²) in [6.45, 7) is 4.32. The minimum Gasteiger partial charge on any atom is -0.492 e. The molecule has 2 amide bonds. The quantitative estimate of drug-likeness (QED) is 0.667. The Hall–Kier alpha value is -3.35. The summed E-state index contributed by atoms with van der Waals surface area (Å²) in [6, 6.07) is 13.8. The summed E-state index contributed by atoms with van der Waals surface area (Å²) >= 11 is 0. The maximum absolute atomic E-state index is 12.6. The van der Waals surface area contributed by atoms with Crippen molar-refractivity contribution in [2.45, 2.75) is 20.3 Å². The molecular formula is C22H24N2O5. The molecule has 0 spiro atoms. The highest BCUT2D eigenvalue weighted by atomic mass is 16.5. The number of benzene rings is 2. The van der Waals surface area contributed by atoms with Gasteiger partial charge in [0.25, 0.3) is 0 Å². The summed E-state index contributed by atoms with van der Waals surface area (Å²) in [5.74, 6) is -1.28. The highest BCUT2D eigenvalue weighted by molar-refractivity contribution is 6.06. The SMILES string of the molecule is CCOC(=O)c1ccccc1NC(=O)C1CC1C(=O)Nc1ccccc1OCC. The minimum atomic E-state index is -0.499. The third-order valence-corrected chi connectivity index (χ3v) is 4.59. The van der Waals surface area contributed by atoms with Crippen LogP contribution in [0.25, 0.3) is 0 Å². The molecule has 1 fully saturated rings. The fourth-order valence-corrected chi connectivity index (χ4v) is 3.06. The van der Waals surface area contributed by atoms with Gasteiger partial charge in [0.2, 0.25) is 11.8 Å². The fourth-order valence-electron chi connectivity index (χ4n) is 3.06. The molecule has 0 aliphatic heterocycles. The van der Waals surface area contributed by atoms with E-state index in [-0.39, 0.29) is 24.0 Å². The lowest BCUT2D eigenvalue weighted by Crippen LogP contribution is -2.22. The summed E-state index contributed by atoms with van der Waals surface area (Å²) in [5.41, 5.74) is 1.25. The molecular weight excluding hydrogens is 372 g/mol. The molecule has 7 heteroatoms. The number of rotatable bonds is 8. The largest absolute Gasteiger partial charge is 0.492 e. The van der Waals surface area contributed by atoms with Crippen molar-refractivity contribution in [3.8, 4) is 5.75 Å². The maximum Gasteiger partial charge on any atom is 0.340 e. The molecule has 0 saturated heterocycles. The first-order valence-corrected chi connectivity index (χ1v) is 9.64. The van der Waals surface area contributed by atoms with E-state index in [0.717, 1.165) is 0 Å². The molecule has 1 saturated carbocycles. The second kappa shape index (κ2) is 9.23. The first kappa shape index (κ1) is 20.4. The van der Waals surface area contributed by atoms with Gasteiger partial charge in [0, 0.05) is 0 Å². The zero-order chi connectivity index (χ0) is 20.8. The second-order valence-corrected chi connectivity index (χ2v) is 6.62. The van der Waals surface area contributed by atoms with Crippen LogP contribution in [0.2, 0.25) is 0 Å². The summed E-state index contributed by atoms with van der Waals surface area (Å²) < 4.78 is 10.5. The van der Waals surface area contributed by atoms with Crippen molar-refractivity contribution in [1.29, 1.82) is 0 Å². The Labute approximate surface area is 169 Å². The molecule has 7 nitrogen and oxygen atoms in total. The molecule has 0 heterocycles. The van der Waals surface area contributed by atoms with Gasteiger partial charge in [-0.2, -0.15) is 0 Å². The lowest BCUT2D eigenvalue weighted by molar-refractivity contribution is -0.122. The van der Waals surface area contributed by atoms with Crippen LogP contribution in [0, 0.1) is 11.8 Å². The number of hydrogen-bond acceptors (Lipinski definition) is 5. The smallest absolute Gasteiger partial charge is 0.340 e. The second-order valence-electron chi connectivity index (χ2n) is 6.62. The zero-order valence-electron chi connectivity index (χ0n) is 16.4. The summed E-state index contributed by atoms with van der Waals surface area (Å²) in [5, 5.41) is 5.58. The van der Waals surface area contributed by atoms with E-state index in [1.54, 1.807) is 43.3 Å². The van der Waals surface area contributed by atoms with E-state index in [4.69, 9.17) is 9.47 Å². The Morgan fingerprint density at radius 1 is 0.862 bits per heavy atom. The van der Waals surface area contributed by atoms with Crippen molar-refractivity contribution in [1.82, 2.24) is 0 Å². The molecule has 1 aliphatic carbocycles. The van der Waals surface area contributed by atoms with Gasteiger partial charge < -0.3 is 20.1 Å². The number of amides is 2. The van der Waals surface area contributed by atoms with Crippen LogP contribution >= 0.6 is 0 Å². The third-order valence-electron chi connectivity index (χ3n) is 4.59. The lowest BCUT2D eigenvalue weighted by Gasteiger charge is -2.12. The van der Waals surface area contributed by atoms with Gasteiger partial charge in [-0.1, -0.05) is 24.3 Å². The molecule has 2 N–H and O–H groups in total. The molecule has 0 radical (unpaired) electrons. The predicted octanol–water partition coefficient (Wildman–Crippen LogP) is 3.48. The standard InChI is InChI=1S/C22H24N2O5/c1-3-28-19-12-8-7-11-18(19)24-21(26)16-13-15(16)20(25)23-17-10-6-5-9-14(17)22(27)29-4-2/h5-12,15-16H,3-4,13H2,1-2H3,(H,23,25)(H,24,26). The predicted molar refractivity (Wildman–Crippen MR) is 109 cm³/mol. The Morgan fingerprint density at radius 3 is 2.10 bits per heavy atom. The Bertz CT molecular complexity index is 912. The van der Waals surface area contributed by atoms with Crippen LogP contribution < -0.4 is 15.4 Å². The molecule has 2 atom stereocenters. The zero-order valence-corrected chi connectivity index (χ0v) is 16.4. The molecule has 1 aliphatic rings. The molecule has 2 aromatic rings. The van der Waals surface area contributed by atoms with Gasteiger partial charge in [0.15, 0.2) is 0 Å². The van der Waals surface area contributed by atoms with E-state index in [1.807, 2.05) is 19.1 Å². The number of nitrogens with one attached hydrogen (secondary N) is 2. The van der Waals surface area contributed by atoms with Crippen LogP contribution in [0.15, 0.2) is 48.5 Å². The summed E-state index contributed by atoms with van der Waals surface area (Å²) in [4.78, 5) is 37.2. The molecule has 152 valence electrons. The van der Waals surface area contributed by atoms with Crippen molar-refractivity contribution in [3.63, 3.8) is 0 Å². The number of carbonyl (C=O) groups is 3. The number of esters is 1. The van der Waals surface area contributed by atoms with E-state index in [2.05, 4.69) is 10.6 Å². The van der Waals surface area contributed by atoms with Crippen molar-refractivity contribution in [2.24, 2.45) is 11.8 Å². The number of para-hydroxylation sites is 3. The van der Waals surface area contributed by atoms with Crippen LogP contribution in [0.3, 0.4) is 0 Å². The van der Waals surface area contributed by atoms with E-state index in [9.17, 15) is 14.4 Å². The Balaban J connectivity index is 1.61. The van der Waals surface area contributed by atoms with E-state index in [0.29, 0.717) is 30.2 Å².